The van der Waals surface area contributed by atoms with E-state index in [0.717, 1.165) is 5.52 Å². The molecule has 3 rings (SSSR count). The fourth-order valence-electron chi connectivity index (χ4n) is 2.49. The average Bonchev–Trinajstić information content (AvgIpc) is 2.86. The summed E-state index contributed by atoms with van der Waals surface area (Å²) in [5.74, 6) is -0.947. The van der Waals surface area contributed by atoms with Gasteiger partial charge in [-0.15, -0.1) is 16.8 Å². The molecule has 0 aliphatic heterocycles. The molecule has 1 aromatic heterocycles. The highest BCUT2D eigenvalue weighted by molar-refractivity contribution is 5.98. The molecule has 0 atom stereocenters. The van der Waals surface area contributed by atoms with Crippen LogP contribution in [0.3, 0.4) is 0 Å². The van der Waals surface area contributed by atoms with E-state index in [1.807, 2.05) is 18.2 Å². The van der Waals surface area contributed by atoms with Crippen molar-refractivity contribution in [3.05, 3.63) is 66.7 Å². The van der Waals surface area contributed by atoms with Gasteiger partial charge in [-0.2, -0.15) is 0 Å². The number of benzene rings is 2. The van der Waals surface area contributed by atoms with Crippen molar-refractivity contribution in [2.75, 3.05) is 0 Å². The van der Waals surface area contributed by atoms with E-state index in [-0.39, 0.29) is 22.9 Å². The molecule has 1 heterocycles. The predicted octanol–water partition coefficient (Wildman–Crippen LogP) is 4.16. The number of fused-ring (bicyclic) bond motifs is 1. The lowest BCUT2D eigenvalue weighted by molar-refractivity contribution is 0.0992. The summed E-state index contributed by atoms with van der Waals surface area (Å²) in [7, 11) is 0. The van der Waals surface area contributed by atoms with E-state index >= 15 is 0 Å². The maximum absolute atomic E-state index is 12.1. The van der Waals surface area contributed by atoms with Gasteiger partial charge in [0.05, 0.1) is 11.1 Å². The van der Waals surface area contributed by atoms with Crippen molar-refractivity contribution in [2.45, 2.75) is 6.54 Å². The molecule has 0 saturated carbocycles. The molecular weight excluding hydrogens is 306 g/mol. The molecule has 0 saturated heterocycles. The molecule has 3 aromatic rings. The number of phenols is 1. The van der Waals surface area contributed by atoms with Crippen LogP contribution in [0.1, 0.15) is 10.4 Å². The molecule has 0 spiro atoms. The lowest BCUT2D eigenvalue weighted by Gasteiger charge is -2.01. The van der Waals surface area contributed by atoms with Gasteiger partial charge in [0.25, 0.3) is 5.91 Å². The average molecular weight is 321 g/mol. The Morgan fingerprint density at radius 3 is 2.58 bits per heavy atom. The first kappa shape index (κ1) is 15.5. The van der Waals surface area contributed by atoms with Gasteiger partial charge < -0.3 is 14.8 Å². The van der Waals surface area contributed by atoms with Gasteiger partial charge in [0.1, 0.15) is 5.75 Å². The zero-order valence-corrected chi connectivity index (χ0v) is 12.8. The summed E-state index contributed by atoms with van der Waals surface area (Å²) in [6.07, 6.45) is 1.65. The summed E-state index contributed by atoms with van der Waals surface area (Å²) < 4.78 is 1.63. The summed E-state index contributed by atoms with van der Waals surface area (Å²) >= 11 is 0. The molecule has 2 aromatic carbocycles. The number of hydrogen-bond acceptors (Lipinski definition) is 4. The van der Waals surface area contributed by atoms with Crippen LogP contribution < -0.4 is 0 Å². The minimum Gasteiger partial charge on any atom is -0.507 e. The quantitative estimate of drug-likeness (QED) is 0.558. The van der Waals surface area contributed by atoms with Gasteiger partial charge >= 0.3 is 0 Å². The van der Waals surface area contributed by atoms with Crippen molar-refractivity contribution in [2.24, 2.45) is 10.2 Å². The number of rotatable bonds is 4. The third-order valence-corrected chi connectivity index (χ3v) is 3.60. The largest absolute Gasteiger partial charge is 0.507 e. The third kappa shape index (κ3) is 2.65. The zero-order chi connectivity index (χ0) is 17.1. The summed E-state index contributed by atoms with van der Waals surface area (Å²) in [6, 6.07) is 13.4. The number of amides is 1. The standard InChI is InChI=1S/C18H15N3O3/c1-2-11-21-14-9-5-3-7-12(14)16(18(21)24)19-20-17(23)13-8-4-6-10-15(13)22/h2-10,22,24H,1,11H2. The lowest BCUT2D eigenvalue weighted by atomic mass is 10.2. The smallest absolute Gasteiger partial charge is 0.299 e. The first-order valence-corrected chi connectivity index (χ1v) is 7.28. The molecule has 1 amide bonds. The van der Waals surface area contributed by atoms with Crippen molar-refractivity contribution in [1.82, 2.24) is 4.57 Å². The van der Waals surface area contributed by atoms with Crippen molar-refractivity contribution in [1.29, 1.82) is 0 Å². The van der Waals surface area contributed by atoms with E-state index in [1.165, 1.54) is 12.1 Å². The Balaban J connectivity index is 2.04. The summed E-state index contributed by atoms with van der Waals surface area (Å²) in [5.41, 5.74) is 1.02. The van der Waals surface area contributed by atoms with Crippen molar-refractivity contribution in [3.63, 3.8) is 0 Å². The van der Waals surface area contributed by atoms with Gasteiger partial charge in [-0.25, -0.2) is 0 Å². The SMILES string of the molecule is C=CCn1c(O)c(N=NC(=O)c2ccccc2O)c2ccccc21. The molecule has 0 unspecified atom stereocenters. The van der Waals surface area contributed by atoms with Crippen LogP contribution in [0, 0.1) is 0 Å². The van der Waals surface area contributed by atoms with Gasteiger partial charge in [-0.05, 0) is 18.2 Å². The molecular formula is C18H15N3O3. The molecule has 24 heavy (non-hydrogen) atoms. The molecule has 0 fully saturated rings. The maximum atomic E-state index is 12.1. The second kappa shape index (κ2) is 6.37. The van der Waals surface area contributed by atoms with E-state index in [2.05, 4.69) is 16.8 Å². The number of aromatic nitrogens is 1. The molecule has 120 valence electrons. The van der Waals surface area contributed by atoms with Crippen molar-refractivity contribution in [3.8, 4) is 11.6 Å². The number of para-hydroxylation sites is 2. The Morgan fingerprint density at radius 2 is 1.83 bits per heavy atom. The summed E-state index contributed by atoms with van der Waals surface area (Å²) in [6.45, 7) is 4.07. The van der Waals surface area contributed by atoms with Crippen LogP contribution in [0.2, 0.25) is 0 Å². The van der Waals surface area contributed by atoms with Gasteiger partial charge in [-0.3, -0.25) is 4.79 Å². The van der Waals surface area contributed by atoms with E-state index in [1.54, 1.807) is 28.8 Å². The minimum absolute atomic E-state index is 0.0515. The number of aromatic hydroxyl groups is 2. The fraction of sp³-hybridized carbons (Fsp3) is 0.0556. The monoisotopic (exact) mass is 321 g/mol. The van der Waals surface area contributed by atoms with E-state index in [4.69, 9.17) is 0 Å². The molecule has 2 N–H and O–H groups in total. The minimum atomic E-state index is -0.687. The Kier molecular flexibility index (Phi) is 4.11. The van der Waals surface area contributed by atoms with Crippen LogP contribution in [0.5, 0.6) is 11.6 Å². The van der Waals surface area contributed by atoms with Gasteiger partial charge in [0.15, 0.2) is 5.69 Å². The topological polar surface area (TPSA) is 87.2 Å². The second-order valence-corrected chi connectivity index (χ2v) is 5.11. The first-order valence-electron chi connectivity index (χ1n) is 7.28. The van der Waals surface area contributed by atoms with Crippen LogP contribution in [0.15, 0.2) is 71.4 Å². The summed E-state index contributed by atoms with van der Waals surface area (Å²) in [4.78, 5) is 12.1. The van der Waals surface area contributed by atoms with Gasteiger partial charge in [-0.1, -0.05) is 36.4 Å². The zero-order valence-electron chi connectivity index (χ0n) is 12.8. The van der Waals surface area contributed by atoms with Crippen LogP contribution in [-0.2, 0) is 6.54 Å². The second-order valence-electron chi connectivity index (χ2n) is 5.11. The Morgan fingerprint density at radius 1 is 1.12 bits per heavy atom. The van der Waals surface area contributed by atoms with Crippen molar-refractivity contribution >= 4 is 22.5 Å². The Bertz CT molecular complexity index is 957. The van der Waals surface area contributed by atoms with Crippen LogP contribution in [0.4, 0.5) is 5.69 Å². The molecule has 6 heteroatoms. The molecule has 0 radical (unpaired) electrons. The van der Waals surface area contributed by atoms with Crippen molar-refractivity contribution < 1.29 is 15.0 Å². The van der Waals surface area contributed by atoms with E-state index in [0.29, 0.717) is 11.9 Å². The number of phenolic OH excluding ortho intramolecular Hbond substituents is 1. The number of azo groups is 1. The van der Waals surface area contributed by atoms with Crippen LogP contribution in [0.25, 0.3) is 10.9 Å². The predicted molar refractivity (Wildman–Crippen MR) is 90.8 cm³/mol. The first-order chi connectivity index (χ1) is 11.6. The number of allylic oxidation sites excluding steroid dienone is 1. The van der Waals surface area contributed by atoms with Gasteiger partial charge in [0.2, 0.25) is 5.88 Å². The number of nitrogens with zero attached hydrogens (tertiary/aromatic N) is 3. The molecule has 6 nitrogen and oxygen atoms in total. The summed E-state index contributed by atoms with van der Waals surface area (Å²) in [5, 5.41) is 28.3. The normalized spacial score (nSPS) is 11.2. The van der Waals surface area contributed by atoms with Crippen LogP contribution >= 0.6 is 0 Å². The molecule has 0 aliphatic rings. The highest BCUT2D eigenvalue weighted by atomic mass is 16.3. The Labute approximate surface area is 138 Å². The highest BCUT2D eigenvalue weighted by Crippen LogP contribution is 2.38. The van der Waals surface area contributed by atoms with E-state index in [9.17, 15) is 15.0 Å². The maximum Gasteiger partial charge on any atom is 0.299 e. The number of carbonyl (C=O) groups excluding carboxylic acids is 1. The third-order valence-electron chi connectivity index (χ3n) is 3.60. The van der Waals surface area contributed by atoms with Crippen LogP contribution in [-0.4, -0.2) is 20.7 Å². The fourth-order valence-corrected chi connectivity index (χ4v) is 2.49. The molecule has 0 aliphatic carbocycles. The lowest BCUT2D eigenvalue weighted by Crippen LogP contribution is -1.94. The number of hydrogen-bond donors (Lipinski definition) is 2. The van der Waals surface area contributed by atoms with E-state index < -0.39 is 5.91 Å². The molecule has 0 bridgehead atoms. The number of carbonyl (C=O) groups is 1. The van der Waals surface area contributed by atoms with Gasteiger partial charge in [0, 0.05) is 11.9 Å². The Hall–Kier alpha value is -3.41. The highest BCUT2D eigenvalue weighted by Gasteiger charge is 2.16.